The maximum Gasteiger partial charge on any atom is 0.259 e. The van der Waals surface area contributed by atoms with Gasteiger partial charge in [0.05, 0.1) is 11.3 Å². The van der Waals surface area contributed by atoms with Gasteiger partial charge >= 0.3 is 0 Å². The number of benzene rings is 2. The second kappa shape index (κ2) is 11.2. The summed E-state index contributed by atoms with van der Waals surface area (Å²) in [6.45, 7) is 2.35. The molecule has 0 spiro atoms. The van der Waals surface area contributed by atoms with Gasteiger partial charge in [-0.05, 0) is 37.3 Å². The molecule has 2 heterocycles. The molecule has 8 heteroatoms. The van der Waals surface area contributed by atoms with Crippen LogP contribution in [0.25, 0.3) is 11.3 Å². The van der Waals surface area contributed by atoms with E-state index in [1.807, 2.05) is 55.5 Å². The van der Waals surface area contributed by atoms with Crippen LogP contribution >= 0.6 is 12.6 Å². The summed E-state index contributed by atoms with van der Waals surface area (Å²) in [6, 6.07) is 18.6. The van der Waals surface area contributed by atoms with Crippen LogP contribution in [0.15, 0.2) is 60.7 Å². The number of rotatable bonds is 4. The summed E-state index contributed by atoms with van der Waals surface area (Å²) in [6.07, 6.45) is 1.59. The second-order valence-corrected chi connectivity index (χ2v) is 7.75. The van der Waals surface area contributed by atoms with Gasteiger partial charge in [-0.2, -0.15) is 12.6 Å². The van der Waals surface area contributed by atoms with E-state index in [1.54, 1.807) is 23.3 Å². The van der Waals surface area contributed by atoms with Crippen molar-refractivity contribution in [3.05, 3.63) is 71.8 Å². The minimum Gasteiger partial charge on any atom is -0.354 e. The molecule has 1 aliphatic rings. The Morgan fingerprint density at radius 2 is 1.61 bits per heavy atom. The highest BCUT2D eigenvalue weighted by Crippen LogP contribution is 2.33. The number of nitrogens with zero attached hydrogens (tertiary/aromatic N) is 3. The van der Waals surface area contributed by atoms with Crippen molar-refractivity contribution in [2.45, 2.75) is 32.1 Å². The lowest BCUT2D eigenvalue weighted by Gasteiger charge is -2.25. The van der Waals surface area contributed by atoms with Crippen LogP contribution in [0.5, 0.6) is 0 Å². The van der Waals surface area contributed by atoms with E-state index < -0.39 is 5.92 Å². The number of para-hydroxylation sites is 1. The highest BCUT2D eigenvalue weighted by atomic mass is 32.1. The molecule has 5 nitrogen and oxygen atoms in total. The summed E-state index contributed by atoms with van der Waals surface area (Å²) in [5, 5.41) is 11.7. The SMILES string of the molecule is CS.Cc1c(-c2ccccc2)nnc(N2CCCC(F)(F)CC2)c1C(=O)Nc1ccccc1. The number of thiol groups is 1. The highest BCUT2D eigenvalue weighted by molar-refractivity contribution is 7.79. The predicted octanol–water partition coefficient (Wildman–Crippen LogP) is 5.88. The minimum absolute atomic E-state index is 0.122. The van der Waals surface area contributed by atoms with Gasteiger partial charge in [0, 0.05) is 37.2 Å². The number of anilines is 2. The van der Waals surface area contributed by atoms with Gasteiger partial charge in [-0.25, -0.2) is 8.78 Å². The van der Waals surface area contributed by atoms with Gasteiger partial charge in [-0.15, -0.1) is 10.2 Å². The Morgan fingerprint density at radius 3 is 2.27 bits per heavy atom. The molecular formula is C25H28F2N4OS. The first kappa shape index (κ1) is 24.6. The van der Waals surface area contributed by atoms with E-state index in [2.05, 4.69) is 28.1 Å². The van der Waals surface area contributed by atoms with Crippen molar-refractivity contribution >= 4 is 30.0 Å². The van der Waals surface area contributed by atoms with E-state index in [-0.39, 0.29) is 25.3 Å². The lowest BCUT2D eigenvalue weighted by molar-refractivity contribution is -0.0102. The van der Waals surface area contributed by atoms with Gasteiger partial charge in [0.15, 0.2) is 5.82 Å². The molecule has 33 heavy (non-hydrogen) atoms. The quantitative estimate of drug-likeness (QED) is 0.468. The average molecular weight is 471 g/mol. The molecule has 1 aromatic heterocycles. The summed E-state index contributed by atoms with van der Waals surface area (Å²) in [5.41, 5.74) is 3.12. The molecule has 4 rings (SSSR count). The smallest absolute Gasteiger partial charge is 0.259 e. The first-order chi connectivity index (χ1) is 15.9. The molecule has 174 valence electrons. The van der Waals surface area contributed by atoms with E-state index in [1.165, 1.54) is 0 Å². The van der Waals surface area contributed by atoms with Gasteiger partial charge in [0.2, 0.25) is 5.92 Å². The van der Waals surface area contributed by atoms with Gasteiger partial charge < -0.3 is 10.2 Å². The molecule has 1 aliphatic heterocycles. The maximum atomic E-state index is 13.9. The molecule has 0 bridgehead atoms. The van der Waals surface area contributed by atoms with Crippen LogP contribution in [0.4, 0.5) is 20.3 Å². The maximum absolute atomic E-state index is 13.9. The fourth-order valence-electron chi connectivity index (χ4n) is 3.86. The predicted molar refractivity (Wildman–Crippen MR) is 133 cm³/mol. The third-order valence-corrected chi connectivity index (χ3v) is 5.52. The summed E-state index contributed by atoms with van der Waals surface area (Å²) in [5.74, 6) is -2.68. The molecule has 0 unspecified atom stereocenters. The van der Waals surface area contributed by atoms with Crippen LogP contribution in [-0.4, -0.2) is 41.4 Å². The number of nitrogens with one attached hydrogen (secondary N) is 1. The summed E-state index contributed by atoms with van der Waals surface area (Å²) >= 11 is 3.53. The van der Waals surface area contributed by atoms with Crippen molar-refractivity contribution in [1.82, 2.24) is 10.2 Å². The van der Waals surface area contributed by atoms with Gasteiger partial charge in [0.1, 0.15) is 0 Å². The number of carbonyl (C=O) groups excluding carboxylic acids is 1. The molecule has 0 saturated carbocycles. The largest absolute Gasteiger partial charge is 0.354 e. The molecule has 3 aromatic rings. The van der Waals surface area contributed by atoms with Gasteiger partial charge in [0.25, 0.3) is 5.91 Å². The molecule has 1 saturated heterocycles. The molecule has 1 fully saturated rings. The van der Waals surface area contributed by atoms with E-state index in [4.69, 9.17) is 0 Å². The number of halogens is 2. The lowest BCUT2D eigenvalue weighted by Crippen LogP contribution is -2.30. The van der Waals surface area contributed by atoms with Crippen LogP contribution in [-0.2, 0) is 0 Å². The Kier molecular flexibility index (Phi) is 8.38. The molecule has 1 N–H and O–H groups in total. The Bertz CT molecular complexity index is 1060. The van der Waals surface area contributed by atoms with Crippen molar-refractivity contribution in [1.29, 1.82) is 0 Å². The van der Waals surface area contributed by atoms with Crippen molar-refractivity contribution in [3.63, 3.8) is 0 Å². The standard InChI is InChI=1S/C24H24F2N4O.CH4S/c1-17-20(23(31)27-19-11-6-3-7-12-19)22(30-15-8-13-24(25,26)14-16-30)29-28-21(17)18-9-4-2-5-10-18;1-2/h2-7,9-12H,8,13-16H2,1H3,(H,27,31);2H,1H3. The molecule has 1 amide bonds. The minimum atomic E-state index is -2.70. The third-order valence-electron chi connectivity index (χ3n) is 5.52. The van der Waals surface area contributed by atoms with Crippen molar-refractivity contribution < 1.29 is 13.6 Å². The van der Waals surface area contributed by atoms with E-state index in [9.17, 15) is 13.6 Å². The second-order valence-electron chi connectivity index (χ2n) is 7.75. The summed E-state index contributed by atoms with van der Waals surface area (Å²) < 4.78 is 27.8. The van der Waals surface area contributed by atoms with Gasteiger partial charge in [-0.3, -0.25) is 4.79 Å². The Hall–Kier alpha value is -3.00. The molecule has 0 atom stereocenters. The van der Waals surface area contributed by atoms with Crippen molar-refractivity contribution in [2.75, 3.05) is 29.6 Å². The van der Waals surface area contributed by atoms with Crippen LogP contribution in [0.1, 0.15) is 35.2 Å². The van der Waals surface area contributed by atoms with Crippen molar-refractivity contribution in [3.8, 4) is 11.3 Å². The lowest BCUT2D eigenvalue weighted by atomic mass is 10.0. The molecule has 2 aromatic carbocycles. The Morgan fingerprint density at radius 1 is 0.970 bits per heavy atom. The average Bonchev–Trinajstić information content (AvgIpc) is 3.01. The van der Waals surface area contributed by atoms with Gasteiger partial charge in [-0.1, -0.05) is 48.5 Å². The zero-order valence-electron chi connectivity index (χ0n) is 18.8. The molecule has 0 aliphatic carbocycles. The normalized spacial score (nSPS) is 15.1. The number of alkyl halides is 2. The number of carbonyl (C=O) groups is 1. The summed E-state index contributed by atoms with van der Waals surface area (Å²) in [4.78, 5) is 15.1. The first-order valence-corrected chi connectivity index (χ1v) is 11.7. The third kappa shape index (κ3) is 6.07. The highest BCUT2D eigenvalue weighted by Gasteiger charge is 2.34. The van der Waals surface area contributed by atoms with Crippen LogP contribution in [0, 0.1) is 6.92 Å². The van der Waals surface area contributed by atoms with E-state index in [0.717, 1.165) is 5.56 Å². The van der Waals surface area contributed by atoms with Crippen LogP contribution in [0.3, 0.4) is 0 Å². The van der Waals surface area contributed by atoms with Crippen LogP contribution < -0.4 is 10.2 Å². The Balaban J connectivity index is 0.00000149. The first-order valence-electron chi connectivity index (χ1n) is 10.8. The number of amides is 1. The monoisotopic (exact) mass is 470 g/mol. The van der Waals surface area contributed by atoms with Crippen molar-refractivity contribution in [2.24, 2.45) is 0 Å². The molecule has 0 radical (unpaired) electrons. The fraction of sp³-hybridized carbons (Fsp3) is 0.320. The van der Waals surface area contributed by atoms with Crippen LogP contribution in [0.2, 0.25) is 0 Å². The van der Waals surface area contributed by atoms with E-state index >= 15 is 0 Å². The van der Waals surface area contributed by atoms with E-state index in [0.29, 0.717) is 41.3 Å². The zero-order valence-corrected chi connectivity index (χ0v) is 19.7. The number of aromatic nitrogens is 2. The fourth-order valence-corrected chi connectivity index (χ4v) is 3.86. The topological polar surface area (TPSA) is 58.1 Å². The Labute approximate surface area is 198 Å². The number of hydrogen-bond donors (Lipinski definition) is 2. The molecular weight excluding hydrogens is 442 g/mol. The summed E-state index contributed by atoms with van der Waals surface area (Å²) in [7, 11) is 0. The number of hydrogen-bond acceptors (Lipinski definition) is 5. The zero-order chi connectivity index (χ0) is 23.8.